The van der Waals surface area contributed by atoms with Gasteiger partial charge >= 0.3 is 6.09 Å². The summed E-state index contributed by atoms with van der Waals surface area (Å²) in [4.78, 5) is 11.2. The molecule has 0 heterocycles. The fourth-order valence-corrected chi connectivity index (χ4v) is 1.79. The molecule has 0 saturated carbocycles. The summed E-state index contributed by atoms with van der Waals surface area (Å²) in [6, 6.07) is 15.9. The summed E-state index contributed by atoms with van der Waals surface area (Å²) >= 11 is 0. The molecule has 0 unspecified atom stereocenters. The van der Waals surface area contributed by atoms with Crippen molar-refractivity contribution in [1.82, 2.24) is 0 Å². The predicted molar refractivity (Wildman–Crippen MR) is 81.0 cm³/mol. The highest BCUT2D eigenvalue weighted by atomic mass is 16.5. The van der Waals surface area contributed by atoms with Gasteiger partial charge in [0.15, 0.2) is 0 Å². The number of benzene rings is 2. The number of anilines is 2. The van der Waals surface area contributed by atoms with E-state index in [2.05, 4.69) is 46.6 Å². The molecule has 104 valence electrons. The number of amides is 1. The van der Waals surface area contributed by atoms with Crippen LogP contribution in [-0.4, -0.2) is 13.2 Å². The minimum atomic E-state index is -0.472. The molecule has 4 heteroatoms. The van der Waals surface area contributed by atoms with Crippen LogP contribution in [0.3, 0.4) is 0 Å². The number of carbonyl (C=O) groups is 1. The Labute approximate surface area is 118 Å². The Bertz CT molecular complexity index is 579. The third-order valence-electron chi connectivity index (χ3n) is 2.91. The topological polar surface area (TPSA) is 50.4 Å². The van der Waals surface area contributed by atoms with Gasteiger partial charge in [-0.2, -0.15) is 0 Å². The van der Waals surface area contributed by atoms with Crippen LogP contribution in [0.1, 0.15) is 11.1 Å². The zero-order valence-corrected chi connectivity index (χ0v) is 11.6. The highest BCUT2D eigenvalue weighted by molar-refractivity contribution is 5.85. The normalized spacial score (nSPS) is 9.90. The lowest BCUT2D eigenvalue weighted by Gasteiger charge is -2.09. The van der Waals surface area contributed by atoms with Crippen LogP contribution in [0.2, 0.25) is 0 Å². The maximum atomic E-state index is 11.2. The van der Waals surface area contributed by atoms with Crippen molar-refractivity contribution in [2.45, 2.75) is 13.5 Å². The van der Waals surface area contributed by atoms with E-state index in [0.717, 1.165) is 12.2 Å². The van der Waals surface area contributed by atoms with Gasteiger partial charge in [0.1, 0.15) is 0 Å². The summed E-state index contributed by atoms with van der Waals surface area (Å²) < 4.78 is 4.56. The van der Waals surface area contributed by atoms with Gasteiger partial charge in [-0.15, -0.1) is 0 Å². The van der Waals surface area contributed by atoms with Gasteiger partial charge in [-0.25, -0.2) is 4.79 Å². The number of carbonyl (C=O) groups excluding carboxylic acids is 1. The lowest BCUT2D eigenvalue weighted by molar-refractivity contribution is 0.187. The van der Waals surface area contributed by atoms with Gasteiger partial charge in [0, 0.05) is 17.9 Å². The van der Waals surface area contributed by atoms with Gasteiger partial charge in [0.2, 0.25) is 0 Å². The Balaban J connectivity index is 1.97. The first-order valence-electron chi connectivity index (χ1n) is 6.42. The highest BCUT2D eigenvalue weighted by Crippen LogP contribution is 2.16. The van der Waals surface area contributed by atoms with Crippen molar-refractivity contribution in [3.63, 3.8) is 0 Å². The van der Waals surface area contributed by atoms with Crippen LogP contribution >= 0.6 is 0 Å². The van der Waals surface area contributed by atoms with Gasteiger partial charge in [0.25, 0.3) is 0 Å². The largest absolute Gasteiger partial charge is 0.453 e. The van der Waals surface area contributed by atoms with E-state index in [1.165, 1.54) is 18.2 Å². The Hall–Kier alpha value is -2.49. The molecule has 0 spiro atoms. The predicted octanol–water partition coefficient (Wildman–Crippen LogP) is 3.79. The summed E-state index contributed by atoms with van der Waals surface area (Å²) in [5, 5.41) is 5.96. The molecule has 2 rings (SSSR count). The zero-order valence-electron chi connectivity index (χ0n) is 11.6. The molecule has 0 aromatic heterocycles. The molecule has 2 N–H and O–H groups in total. The fourth-order valence-electron chi connectivity index (χ4n) is 1.79. The number of nitrogens with one attached hydrogen (secondary N) is 2. The number of methoxy groups -OCH3 is 1. The van der Waals surface area contributed by atoms with Crippen LogP contribution in [0.15, 0.2) is 48.5 Å². The standard InChI is InChI=1S/C16H18N2O2/c1-12-6-8-13(9-7-12)11-17-14-4-3-5-15(10-14)18-16(19)20-2/h3-10,17H,11H2,1-2H3,(H,18,19). The summed E-state index contributed by atoms with van der Waals surface area (Å²) in [5.41, 5.74) is 4.10. The van der Waals surface area contributed by atoms with E-state index < -0.39 is 6.09 Å². The van der Waals surface area contributed by atoms with E-state index in [1.807, 2.05) is 24.3 Å². The summed E-state index contributed by atoms with van der Waals surface area (Å²) in [6.45, 7) is 2.81. The quantitative estimate of drug-likeness (QED) is 0.888. The number of ether oxygens (including phenoxy) is 1. The number of rotatable bonds is 4. The molecule has 4 nitrogen and oxygen atoms in total. The summed E-state index contributed by atoms with van der Waals surface area (Å²) in [5.74, 6) is 0. The Morgan fingerprint density at radius 3 is 2.50 bits per heavy atom. The van der Waals surface area contributed by atoms with Crippen LogP contribution in [-0.2, 0) is 11.3 Å². The van der Waals surface area contributed by atoms with Crippen LogP contribution in [0.25, 0.3) is 0 Å². The third kappa shape index (κ3) is 4.02. The minimum absolute atomic E-state index is 0.472. The van der Waals surface area contributed by atoms with E-state index in [0.29, 0.717) is 5.69 Å². The fraction of sp³-hybridized carbons (Fsp3) is 0.188. The first-order chi connectivity index (χ1) is 9.67. The van der Waals surface area contributed by atoms with E-state index in [9.17, 15) is 4.79 Å². The second-order valence-corrected chi connectivity index (χ2v) is 4.54. The second kappa shape index (κ2) is 6.61. The smallest absolute Gasteiger partial charge is 0.411 e. The van der Waals surface area contributed by atoms with Crippen molar-refractivity contribution in [1.29, 1.82) is 0 Å². The Morgan fingerprint density at radius 2 is 1.80 bits per heavy atom. The van der Waals surface area contributed by atoms with Gasteiger partial charge < -0.3 is 10.1 Å². The molecule has 0 bridgehead atoms. The molecule has 0 aliphatic heterocycles. The zero-order chi connectivity index (χ0) is 14.4. The van der Waals surface area contributed by atoms with Crippen molar-refractivity contribution < 1.29 is 9.53 Å². The van der Waals surface area contributed by atoms with E-state index >= 15 is 0 Å². The van der Waals surface area contributed by atoms with Gasteiger partial charge in [0.05, 0.1) is 7.11 Å². The van der Waals surface area contributed by atoms with Crippen molar-refractivity contribution in [2.24, 2.45) is 0 Å². The first kappa shape index (κ1) is 13.9. The molecule has 0 radical (unpaired) electrons. The van der Waals surface area contributed by atoms with E-state index in [-0.39, 0.29) is 0 Å². The van der Waals surface area contributed by atoms with Gasteiger partial charge in [-0.1, -0.05) is 35.9 Å². The lowest BCUT2D eigenvalue weighted by Crippen LogP contribution is -2.11. The third-order valence-corrected chi connectivity index (χ3v) is 2.91. The van der Waals surface area contributed by atoms with E-state index in [1.54, 1.807) is 0 Å². The molecule has 1 amide bonds. The number of aryl methyl sites for hydroxylation is 1. The Morgan fingerprint density at radius 1 is 1.10 bits per heavy atom. The van der Waals surface area contributed by atoms with Crippen molar-refractivity contribution in [3.8, 4) is 0 Å². The highest BCUT2D eigenvalue weighted by Gasteiger charge is 2.01. The van der Waals surface area contributed by atoms with Crippen molar-refractivity contribution in [2.75, 3.05) is 17.7 Å². The maximum absolute atomic E-state index is 11.2. The number of hydrogen-bond acceptors (Lipinski definition) is 3. The molecule has 2 aromatic rings. The minimum Gasteiger partial charge on any atom is -0.453 e. The molecule has 2 aromatic carbocycles. The molecule has 0 saturated heterocycles. The van der Waals surface area contributed by atoms with Crippen LogP contribution < -0.4 is 10.6 Å². The SMILES string of the molecule is COC(=O)Nc1cccc(NCc2ccc(C)cc2)c1. The van der Waals surface area contributed by atoms with Crippen molar-refractivity contribution in [3.05, 3.63) is 59.7 Å². The summed E-state index contributed by atoms with van der Waals surface area (Å²) in [6.07, 6.45) is -0.472. The average molecular weight is 270 g/mol. The van der Waals surface area contributed by atoms with Crippen LogP contribution in [0, 0.1) is 6.92 Å². The molecule has 20 heavy (non-hydrogen) atoms. The lowest BCUT2D eigenvalue weighted by atomic mass is 10.1. The van der Waals surface area contributed by atoms with Crippen molar-refractivity contribution >= 4 is 17.5 Å². The summed E-state index contributed by atoms with van der Waals surface area (Å²) in [7, 11) is 1.34. The molecule has 0 atom stereocenters. The van der Waals surface area contributed by atoms with Gasteiger partial charge in [-0.05, 0) is 30.7 Å². The van der Waals surface area contributed by atoms with E-state index in [4.69, 9.17) is 0 Å². The second-order valence-electron chi connectivity index (χ2n) is 4.54. The Kier molecular flexibility index (Phi) is 4.60. The molecular weight excluding hydrogens is 252 g/mol. The molecule has 0 aliphatic rings. The average Bonchev–Trinajstić information content (AvgIpc) is 2.47. The number of hydrogen-bond donors (Lipinski definition) is 2. The molecule has 0 fully saturated rings. The van der Waals surface area contributed by atoms with Gasteiger partial charge in [-0.3, -0.25) is 5.32 Å². The monoisotopic (exact) mass is 270 g/mol. The van der Waals surface area contributed by atoms with Crippen LogP contribution in [0.5, 0.6) is 0 Å². The molecular formula is C16H18N2O2. The first-order valence-corrected chi connectivity index (χ1v) is 6.42. The van der Waals surface area contributed by atoms with Crippen LogP contribution in [0.4, 0.5) is 16.2 Å². The maximum Gasteiger partial charge on any atom is 0.411 e. The molecule has 0 aliphatic carbocycles.